The number of aromatic carboxylic acids is 2. The topological polar surface area (TPSA) is 236 Å². The number of carbonyl (C=O) groups is 5. The summed E-state index contributed by atoms with van der Waals surface area (Å²) in [4.78, 5) is 68.9. The van der Waals surface area contributed by atoms with E-state index in [2.05, 4.69) is 78.3 Å². The van der Waals surface area contributed by atoms with Crippen molar-refractivity contribution in [1.82, 2.24) is 5.32 Å². The first kappa shape index (κ1) is 69.3. The Morgan fingerprint density at radius 1 is 0.407 bits per heavy atom. The van der Waals surface area contributed by atoms with E-state index in [1.807, 2.05) is 27.7 Å². The van der Waals surface area contributed by atoms with Crippen molar-refractivity contribution >= 4 is 41.0 Å². The Morgan fingerprint density at radius 3 is 1.05 bits per heavy atom. The number of anilines is 2. The summed E-state index contributed by atoms with van der Waals surface area (Å²) in [6.07, 6.45) is 7.72. The van der Waals surface area contributed by atoms with E-state index in [9.17, 15) is 34.2 Å². The van der Waals surface area contributed by atoms with Gasteiger partial charge in [-0.05, 0) is 114 Å². The molecule has 0 aliphatic rings. The van der Waals surface area contributed by atoms with Gasteiger partial charge in [-0.15, -0.1) is 0 Å². The summed E-state index contributed by atoms with van der Waals surface area (Å²) in [5.41, 5.74) is -0.781. The van der Waals surface area contributed by atoms with Crippen molar-refractivity contribution in [2.75, 3.05) is 70.0 Å². The highest BCUT2D eigenvalue weighted by atomic mass is 16.6. The Bertz CT molecular complexity index is 2260. The Hall–Kier alpha value is -5.95. The molecule has 3 aromatic rings. The quantitative estimate of drug-likeness (QED) is 0.0332. The van der Waals surface area contributed by atoms with Crippen LogP contribution in [0.2, 0.25) is 0 Å². The second-order valence-corrected chi connectivity index (χ2v) is 22.7. The molecule has 3 rings (SSSR count). The molecular weight excluding hydrogens is 1040 g/mol. The molecule has 0 saturated carbocycles. The van der Waals surface area contributed by atoms with Gasteiger partial charge < -0.3 is 64.1 Å². The SMILES string of the molecule is CCCCCCCCNC(=O)c1cc(NC(=O)c2cc(C(=O)O)c(OC[C@H](C)OCCC(C)C)cc2OC[C@H](C)OCCC(C)C)cc(NC(=O)c2cc(C(=O)O)c(OC[C@H](C)OCCC(C)C)cc2OC[C@H](C)OCCC(C)C)c1. The standard InChI is InChI=1S/C63H97N3O15/c1-14-15-16-17-18-19-24-64-59(67)48-29-49(65-60(68)51-32-53(62(70)71)57(80-38-46(12)76-27-22-42(6)7)34-55(51)78-36-44(10)74-25-20-40(2)3)31-50(30-48)66-61(69)52-33-54(63(72)73)58(81-39-47(13)77-28-23-43(8)9)35-56(52)79-37-45(11)75-26-21-41(4)5/h29-35,40-47H,14-28,36-39H2,1-13H3,(H,64,67)(H,65,68)(H,66,69)(H,70,71)(H,72,73)/t44-,45-,46-,47-/m0/s1. The van der Waals surface area contributed by atoms with Crippen LogP contribution < -0.4 is 34.9 Å². The number of hydrogen-bond donors (Lipinski definition) is 5. The second kappa shape index (κ2) is 37.2. The zero-order valence-electron chi connectivity index (χ0n) is 50.8. The number of carboxylic acids is 2. The number of ether oxygens (including phenoxy) is 8. The van der Waals surface area contributed by atoms with Gasteiger partial charge in [0.1, 0.15) is 60.6 Å². The summed E-state index contributed by atoms with van der Waals surface area (Å²) in [7, 11) is 0. The minimum Gasteiger partial charge on any atom is -0.490 e. The molecule has 0 heterocycles. The lowest BCUT2D eigenvalue weighted by atomic mass is 10.1. The Labute approximate surface area is 482 Å². The number of amides is 3. The second-order valence-electron chi connectivity index (χ2n) is 22.7. The summed E-state index contributed by atoms with van der Waals surface area (Å²) in [6, 6.07) is 9.35. The number of carboxylic acid groups (broad SMARTS) is 2. The van der Waals surface area contributed by atoms with Crippen molar-refractivity contribution in [3.63, 3.8) is 0 Å². The highest BCUT2D eigenvalue weighted by Crippen LogP contribution is 2.34. The van der Waals surface area contributed by atoms with Gasteiger partial charge in [-0.25, -0.2) is 9.59 Å². The number of carbonyl (C=O) groups excluding carboxylic acids is 3. The van der Waals surface area contributed by atoms with Crippen LogP contribution >= 0.6 is 0 Å². The molecule has 0 radical (unpaired) electrons. The van der Waals surface area contributed by atoms with Crippen LogP contribution in [0.5, 0.6) is 23.0 Å². The Morgan fingerprint density at radius 2 is 0.728 bits per heavy atom. The molecule has 454 valence electrons. The molecule has 18 nitrogen and oxygen atoms in total. The molecule has 18 heteroatoms. The van der Waals surface area contributed by atoms with Crippen LogP contribution in [0, 0.1) is 23.7 Å². The molecule has 5 N–H and O–H groups in total. The lowest BCUT2D eigenvalue weighted by Crippen LogP contribution is -2.25. The van der Waals surface area contributed by atoms with Gasteiger partial charge in [0.2, 0.25) is 0 Å². The fourth-order valence-electron chi connectivity index (χ4n) is 7.84. The zero-order valence-corrected chi connectivity index (χ0v) is 50.8. The maximum atomic E-state index is 14.6. The third kappa shape index (κ3) is 27.1. The van der Waals surface area contributed by atoms with Crippen LogP contribution in [0.25, 0.3) is 0 Å². The molecule has 0 aliphatic carbocycles. The van der Waals surface area contributed by atoms with Crippen LogP contribution in [0.1, 0.15) is 206 Å². The van der Waals surface area contributed by atoms with Gasteiger partial charge in [-0.2, -0.15) is 0 Å². The van der Waals surface area contributed by atoms with Crippen LogP contribution in [-0.2, 0) is 18.9 Å². The van der Waals surface area contributed by atoms with E-state index < -0.39 is 41.9 Å². The normalized spacial score (nSPS) is 13.0. The Kier molecular flexibility index (Phi) is 31.8. The minimum absolute atomic E-state index is 0.00182. The minimum atomic E-state index is -1.36. The van der Waals surface area contributed by atoms with Gasteiger partial charge in [0, 0.05) is 62.0 Å². The smallest absolute Gasteiger partial charge is 0.339 e. The van der Waals surface area contributed by atoms with Gasteiger partial charge >= 0.3 is 11.9 Å². The van der Waals surface area contributed by atoms with Crippen molar-refractivity contribution in [1.29, 1.82) is 0 Å². The number of hydrogen-bond acceptors (Lipinski definition) is 13. The molecule has 0 aromatic heterocycles. The number of benzene rings is 3. The molecule has 3 amide bonds. The maximum Gasteiger partial charge on any atom is 0.339 e. The van der Waals surface area contributed by atoms with Crippen LogP contribution in [0.3, 0.4) is 0 Å². The first-order valence-electron chi connectivity index (χ1n) is 29.3. The van der Waals surface area contributed by atoms with E-state index in [0.717, 1.165) is 64.2 Å². The highest BCUT2D eigenvalue weighted by Gasteiger charge is 2.26. The average Bonchev–Trinajstić information content (AvgIpc) is 3.43. The predicted molar refractivity (Wildman–Crippen MR) is 316 cm³/mol. The first-order chi connectivity index (χ1) is 38.5. The van der Waals surface area contributed by atoms with Gasteiger partial charge in [0.05, 0.1) is 35.5 Å². The van der Waals surface area contributed by atoms with E-state index in [1.165, 1.54) is 42.5 Å². The fraction of sp³-hybridized carbons (Fsp3) is 0.635. The zero-order chi connectivity index (χ0) is 60.0. The summed E-state index contributed by atoms with van der Waals surface area (Å²) in [5, 5.41) is 29.5. The lowest BCUT2D eigenvalue weighted by Gasteiger charge is -2.21. The van der Waals surface area contributed by atoms with Crippen molar-refractivity contribution in [3.8, 4) is 23.0 Å². The van der Waals surface area contributed by atoms with E-state index in [1.54, 1.807) is 0 Å². The Balaban J connectivity index is 2.14. The highest BCUT2D eigenvalue weighted by molar-refractivity contribution is 6.11. The number of nitrogens with one attached hydrogen (secondary N) is 3. The third-order valence-electron chi connectivity index (χ3n) is 12.9. The van der Waals surface area contributed by atoms with Crippen LogP contribution in [0.4, 0.5) is 11.4 Å². The van der Waals surface area contributed by atoms with Crippen molar-refractivity contribution in [2.24, 2.45) is 23.7 Å². The van der Waals surface area contributed by atoms with E-state index in [-0.39, 0.29) is 101 Å². The fourth-order valence-corrected chi connectivity index (χ4v) is 7.84. The molecule has 3 aromatic carbocycles. The number of unbranched alkanes of at least 4 members (excludes halogenated alkanes) is 5. The molecule has 81 heavy (non-hydrogen) atoms. The largest absolute Gasteiger partial charge is 0.490 e. The molecule has 0 aliphatic heterocycles. The van der Waals surface area contributed by atoms with E-state index in [4.69, 9.17) is 37.9 Å². The van der Waals surface area contributed by atoms with Gasteiger partial charge in [-0.1, -0.05) is 94.4 Å². The molecular formula is C63H97N3O15. The number of rotatable bonds is 42. The van der Waals surface area contributed by atoms with E-state index in [0.29, 0.717) is 56.6 Å². The average molecular weight is 1140 g/mol. The van der Waals surface area contributed by atoms with Gasteiger partial charge in [-0.3, -0.25) is 14.4 Å². The maximum absolute atomic E-state index is 14.6. The van der Waals surface area contributed by atoms with Crippen molar-refractivity contribution in [2.45, 2.75) is 179 Å². The molecule has 4 atom stereocenters. The monoisotopic (exact) mass is 1140 g/mol. The molecule has 0 spiro atoms. The van der Waals surface area contributed by atoms with Crippen LogP contribution in [0.15, 0.2) is 42.5 Å². The van der Waals surface area contributed by atoms with Crippen molar-refractivity contribution < 1.29 is 72.1 Å². The van der Waals surface area contributed by atoms with Crippen molar-refractivity contribution in [3.05, 3.63) is 70.3 Å². The summed E-state index contributed by atoms with van der Waals surface area (Å²) in [5.74, 6) is -3.22. The molecule has 0 fully saturated rings. The predicted octanol–water partition coefficient (Wildman–Crippen LogP) is 13.0. The van der Waals surface area contributed by atoms with Crippen LogP contribution in [-0.4, -0.2) is 124 Å². The summed E-state index contributed by atoms with van der Waals surface area (Å²) in [6.45, 7) is 28.5. The molecule has 0 bridgehead atoms. The molecule has 0 saturated heterocycles. The third-order valence-corrected chi connectivity index (χ3v) is 12.9. The van der Waals surface area contributed by atoms with Gasteiger partial charge in [0.15, 0.2) is 0 Å². The molecule has 0 unspecified atom stereocenters. The van der Waals surface area contributed by atoms with E-state index >= 15 is 0 Å². The summed E-state index contributed by atoms with van der Waals surface area (Å²) >= 11 is 0. The lowest BCUT2D eigenvalue weighted by molar-refractivity contribution is 0.0247. The van der Waals surface area contributed by atoms with Gasteiger partial charge in [0.25, 0.3) is 17.7 Å². The summed E-state index contributed by atoms with van der Waals surface area (Å²) < 4.78 is 48.3. The first-order valence-corrected chi connectivity index (χ1v) is 29.3.